The van der Waals surface area contributed by atoms with Gasteiger partial charge in [-0.3, -0.25) is 19.6 Å². The van der Waals surface area contributed by atoms with Crippen molar-refractivity contribution in [2.45, 2.75) is 13.1 Å². The highest BCUT2D eigenvalue weighted by Crippen LogP contribution is 2.20. The van der Waals surface area contributed by atoms with Gasteiger partial charge in [0, 0.05) is 38.6 Å². The summed E-state index contributed by atoms with van der Waals surface area (Å²) < 4.78 is 0. The van der Waals surface area contributed by atoms with E-state index in [1.165, 1.54) is 0 Å². The van der Waals surface area contributed by atoms with Crippen LogP contribution in [0, 0.1) is 0 Å². The molecule has 0 saturated carbocycles. The fourth-order valence-corrected chi connectivity index (χ4v) is 5.16. The van der Waals surface area contributed by atoms with Crippen molar-refractivity contribution >= 4 is 33.4 Å². The van der Waals surface area contributed by atoms with Crippen LogP contribution in [0.25, 0.3) is 21.5 Å². The maximum atomic E-state index is 13.7. The summed E-state index contributed by atoms with van der Waals surface area (Å²) in [6, 6.07) is 39.5. The summed E-state index contributed by atoms with van der Waals surface area (Å²) in [4.78, 5) is 39.6. The van der Waals surface area contributed by atoms with Crippen LogP contribution in [-0.2, 0) is 13.1 Å². The minimum absolute atomic E-state index is 0.181. The fraction of sp³-hybridized carbons (Fsp3) is 0.111. The van der Waals surface area contributed by atoms with Crippen LogP contribution in [0.4, 0.5) is 0 Å². The fourth-order valence-electron chi connectivity index (χ4n) is 5.16. The molecule has 0 saturated heterocycles. The number of aromatic nitrogens is 2. The smallest absolute Gasteiger partial charge is 0.272 e. The van der Waals surface area contributed by atoms with E-state index in [0.717, 1.165) is 32.7 Å². The first-order chi connectivity index (χ1) is 20.6. The second-order valence-electron chi connectivity index (χ2n) is 10.2. The van der Waals surface area contributed by atoms with Crippen LogP contribution in [0.15, 0.2) is 134 Å². The van der Waals surface area contributed by atoms with Crippen LogP contribution >= 0.6 is 0 Å². The minimum Gasteiger partial charge on any atom is -0.331 e. The molecule has 2 aromatic heterocycles. The molecular weight excluding hydrogens is 520 g/mol. The molecule has 0 unspecified atom stereocenters. The van der Waals surface area contributed by atoms with E-state index in [1.54, 1.807) is 46.5 Å². The Kier molecular flexibility index (Phi) is 7.95. The zero-order chi connectivity index (χ0) is 28.7. The topological polar surface area (TPSA) is 66.4 Å². The Bertz CT molecular complexity index is 1700. The van der Waals surface area contributed by atoms with Gasteiger partial charge in [-0.2, -0.15) is 0 Å². The number of pyridine rings is 2. The van der Waals surface area contributed by atoms with E-state index in [1.807, 2.05) is 48.5 Å². The Balaban J connectivity index is 1.29. The predicted octanol–water partition coefficient (Wildman–Crippen LogP) is 6.77. The Morgan fingerprint density at radius 1 is 0.476 bits per heavy atom. The molecule has 0 aliphatic rings. The first-order valence-electron chi connectivity index (χ1n) is 14.0. The zero-order valence-electron chi connectivity index (χ0n) is 23.1. The summed E-state index contributed by atoms with van der Waals surface area (Å²) in [6.07, 6.45) is 3.25. The van der Waals surface area contributed by atoms with Crippen LogP contribution in [0.3, 0.4) is 0 Å². The molecule has 0 atom stereocenters. The van der Waals surface area contributed by atoms with Gasteiger partial charge in [0.2, 0.25) is 0 Å². The van der Waals surface area contributed by atoms with Gasteiger partial charge in [-0.15, -0.1) is 0 Å². The van der Waals surface area contributed by atoms with E-state index in [-0.39, 0.29) is 11.8 Å². The lowest BCUT2D eigenvalue weighted by Crippen LogP contribution is -2.41. The van der Waals surface area contributed by atoms with E-state index in [0.29, 0.717) is 37.6 Å². The molecule has 206 valence electrons. The molecule has 0 N–H and O–H groups in total. The summed E-state index contributed by atoms with van der Waals surface area (Å²) in [7, 11) is 0. The highest BCUT2D eigenvalue weighted by atomic mass is 16.2. The summed E-state index contributed by atoms with van der Waals surface area (Å²) >= 11 is 0. The van der Waals surface area contributed by atoms with Gasteiger partial charge in [0.1, 0.15) is 11.4 Å². The molecule has 42 heavy (non-hydrogen) atoms. The molecule has 6 heteroatoms. The van der Waals surface area contributed by atoms with Gasteiger partial charge in [0.25, 0.3) is 11.8 Å². The van der Waals surface area contributed by atoms with Gasteiger partial charge in [-0.1, -0.05) is 84.9 Å². The molecule has 6 aromatic rings. The van der Waals surface area contributed by atoms with Crippen molar-refractivity contribution in [2.75, 3.05) is 13.1 Å². The minimum atomic E-state index is -0.181. The third-order valence-corrected chi connectivity index (χ3v) is 7.36. The van der Waals surface area contributed by atoms with Gasteiger partial charge in [-0.05, 0) is 69.1 Å². The number of benzene rings is 4. The van der Waals surface area contributed by atoms with Gasteiger partial charge in [-0.25, -0.2) is 0 Å². The van der Waals surface area contributed by atoms with Gasteiger partial charge >= 0.3 is 0 Å². The monoisotopic (exact) mass is 550 g/mol. The summed E-state index contributed by atoms with van der Waals surface area (Å²) in [6.45, 7) is 1.44. The Hall–Kier alpha value is -5.36. The van der Waals surface area contributed by atoms with Gasteiger partial charge < -0.3 is 9.80 Å². The standard InChI is InChI=1S/C36H30N4O2/c41-35(33-13-5-7-19-37-33)39(25-27-15-17-29-9-1-3-11-31(29)23-27)21-22-40(36(42)34-14-6-8-20-38-34)26-28-16-18-30-10-2-4-12-32(30)24-28/h1-20,23-24H,21-22,25-26H2. The second-order valence-corrected chi connectivity index (χ2v) is 10.2. The number of fused-ring (bicyclic) bond motifs is 2. The lowest BCUT2D eigenvalue weighted by Gasteiger charge is -2.28. The number of hydrogen-bond donors (Lipinski definition) is 0. The lowest BCUT2D eigenvalue weighted by molar-refractivity contribution is 0.0638. The molecule has 6 nitrogen and oxygen atoms in total. The Labute approximate surface area is 244 Å². The van der Waals surface area contributed by atoms with E-state index >= 15 is 0 Å². The maximum Gasteiger partial charge on any atom is 0.272 e. The molecule has 2 heterocycles. The van der Waals surface area contributed by atoms with Crippen LogP contribution in [0.1, 0.15) is 32.1 Å². The molecule has 0 fully saturated rings. The van der Waals surface area contributed by atoms with E-state index in [2.05, 4.69) is 58.5 Å². The lowest BCUT2D eigenvalue weighted by atomic mass is 10.1. The maximum absolute atomic E-state index is 13.7. The quantitative estimate of drug-likeness (QED) is 0.199. The van der Waals surface area contributed by atoms with Crippen molar-refractivity contribution < 1.29 is 9.59 Å². The molecule has 4 aromatic carbocycles. The van der Waals surface area contributed by atoms with Gasteiger partial charge in [0.05, 0.1) is 0 Å². The van der Waals surface area contributed by atoms with Crippen molar-refractivity contribution in [3.05, 3.63) is 156 Å². The van der Waals surface area contributed by atoms with Crippen LogP contribution < -0.4 is 0 Å². The van der Waals surface area contributed by atoms with Crippen LogP contribution in [-0.4, -0.2) is 44.7 Å². The summed E-state index contributed by atoms with van der Waals surface area (Å²) in [5.74, 6) is -0.362. The number of carbonyl (C=O) groups excluding carboxylic acids is 2. The van der Waals surface area contributed by atoms with Crippen LogP contribution in [0.5, 0.6) is 0 Å². The third kappa shape index (κ3) is 6.18. The van der Waals surface area contributed by atoms with E-state index in [9.17, 15) is 9.59 Å². The molecule has 0 radical (unpaired) electrons. The molecule has 0 spiro atoms. The number of carbonyl (C=O) groups is 2. The number of nitrogens with zero attached hydrogens (tertiary/aromatic N) is 4. The molecule has 0 aliphatic heterocycles. The summed E-state index contributed by atoms with van der Waals surface area (Å²) in [5.41, 5.74) is 2.76. The Morgan fingerprint density at radius 2 is 0.881 bits per heavy atom. The highest BCUT2D eigenvalue weighted by Gasteiger charge is 2.22. The predicted molar refractivity (Wildman–Crippen MR) is 166 cm³/mol. The number of rotatable bonds is 9. The largest absolute Gasteiger partial charge is 0.331 e. The average Bonchev–Trinajstić information content (AvgIpc) is 3.06. The number of amides is 2. The normalized spacial score (nSPS) is 11.0. The van der Waals surface area contributed by atoms with Crippen molar-refractivity contribution in [3.63, 3.8) is 0 Å². The SMILES string of the molecule is O=C(c1ccccn1)N(CCN(Cc1ccc2ccccc2c1)C(=O)c1ccccn1)Cc1ccc2ccccc2c1. The van der Waals surface area contributed by atoms with Crippen LogP contribution in [0.2, 0.25) is 0 Å². The van der Waals surface area contributed by atoms with E-state index in [4.69, 9.17) is 0 Å². The average molecular weight is 551 g/mol. The van der Waals surface area contributed by atoms with E-state index < -0.39 is 0 Å². The first kappa shape index (κ1) is 26.8. The van der Waals surface area contributed by atoms with Gasteiger partial charge in [0.15, 0.2) is 0 Å². The Morgan fingerprint density at radius 3 is 1.29 bits per heavy atom. The first-order valence-corrected chi connectivity index (χ1v) is 14.0. The molecule has 6 rings (SSSR count). The van der Waals surface area contributed by atoms with Crippen molar-refractivity contribution in [1.29, 1.82) is 0 Å². The number of hydrogen-bond acceptors (Lipinski definition) is 4. The third-order valence-electron chi connectivity index (χ3n) is 7.36. The highest BCUT2D eigenvalue weighted by molar-refractivity contribution is 5.93. The molecule has 0 bridgehead atoms. The van der Waals surface area contributed by atoms with Crippen molar-refractivity contribution in [2.24, 2.45) is 0 Å². The zero-order valence-corrected chi connectivity index (χ0v) is 23.1. The second kappa shape index (κ2) is 12.4. The molecule has 0 aliphatic carbocycles. The van der Waals surface area contributed by atoms with Crippen molar-refractivity contribution in [1.82, 2.24) is 19.8 Å². The summed E-state index contributed by atoms with van der Waals surface area (Å²) in [5, 5.41) is 4.52. The molecule has 2 amide bonds. The molecular formula is C36H30N4O2. The van der Waals surface area contributed by atoms with Crippen molar-refractivity contribution in [3.8, 4) is 0 Å².